The summed E-state index contributed by atoms with van der Waals surface area (Å²) in [4.78, 5) is 24.5. The van der Waals surface area contributed by atoms with Gasteiger partial charge in [-0.2, -0.15) is 15.0 Å². The van der Waals surface area contributed by atoms with Crippen molar-refractivity contribution in [3.05, 3.63) is 60.0 Å². The van der Waals surface area contributed by atoms with E-state index in [9.17, 15) is 4.79 Å². The second kappa shape index (κ2) is 8.43. The number of benzene rings is 2. The molecule has 2 aromatic carbocycles. The lowest BCUT2D eigenvalue weighted by molar-refractivity contribution is -0.144. The van der Waals surface area contributed by atoms with E-state index in [1.54, 1.807) is 25.3 Å². The molecule has 2 heterocycles. The first-order chi connectivity index (χ1) is 14.6. The Bertz CT molecular complexity index is 1190. The van der Waals surface area contributed by atoms with Gasteiger partial charge in [0, 0.05) is 5.39 Å². The number of hydrogen-bond acceptors (Lipinski definition) is 10. The zero-order valence-electron chi connectivity index (χ0n) is 16.0. The molecule has 0 saturated heterocycles. The molecule has 0 fully saturated rings. The van der Waals surface area contributed by atoms with Gasteiger partial charge >= 0.3 is 5.97 Å². The Hall–Kier alpha value is -4.21. The standard InChI is InChI=1S/C20H18N6O4/c1-28-16-9-5-3-7-13(16)22-20-24-17(23-19(21)25-20)11-29-18(27)10-14-12-6-2-4-8-15(12)30-26-14/h2-9H,10-11H2,1H3,(H3,21,22,23,24,25). The number of anilines is 3. The molecule has 0 amide bonds. The number of ether oxygens (including phenoxy) is 2. The molecule has 2 aromatic heterocycles. The minimum atomic E-state index is -0.493. The van der Waals surface area contributed by atoms with Crippen molar-refractivity contribution < 1.29 is 18.8 Å². The third-order valence-corrected chi connectivity index (χ3v) is 4.18. The van der Waals surface area contributed by atoms with E-state index in [1.807, 2.05) is 30.3 Å². The minimum absolute atomic E-state index is 0.00376. The van der Waals surface area contributed by atoms with Crippen LogP contribution < -0.4 is 15.8 Å². The first-order valence-corrected chi connectivity index (χ1v) is 9.02. The van der Waals surface area contributed by atoms with Crippen LogP contribution in [0.4, 0.5) is 17.6 Å². The van der Waals surface area contributed by atoms with E-state index < -0.39 is 5.97 Å². The largest absolute Gasteiger partial charge is 0.495 e. The molecule has 0 aliphatic heterocycles. The fourth-order valence-corrected chi connectivity index (χ4v) is 2.83. The fourth-order valence-electron chi connectivity index (χ4n) is 2.83. The third kappa shape index (κ3) is 4.27. The molecule has 10 nitrogen and oxygen atoms in total. The van der Waals surface area contributed by atoms with Crippen LogP contribution in [-0.4, -0.2) is 33.2 Å². The van der Waals surface area contributed by atoms with Gasteiger partial charge in [0.25, 0.3) is 0 Å². The molecule has 152 valence electrons. The maximum atomic E-state index is 12.2. The molecule has 0 aliphatic carbocycles. The maximum Gasteiger partial charge on any atom is 0.312 e. The fraction of sp³-hybridized carbons (Fsp3) is 0.150. The number of fused-ring (bicyclic) bond motifs is 1. The van der Waals surface area contributed by atoms with Gasteiger partial charge in [0.05, 0.1) is 19.2 Å². The highest BCUT2D eigenvalue weighted by Crippen LogP contribution is 2.25. The maximum absolute atomic E-state index is 12.2. The topological polar surface area (TPSA) is 138 Å². The van der Waals surface area contributed by atoms with Gasteiger partial charge in [0.15, 0.2) is 18.0 Å². The summed E-state index contributed by atoms with van der Waals surface area (Å²) in [6.45, 7) is -0.165. The molecule has 0 atom stereocenters. The van der Waals surface area contributed by atoms with Crippen LogP contribution in [-0.2, 0) is 22.6 Å². The third-order valence-electron chi connectivity index (χ3n) is 4.18. The summed E-state index contributed by atoms with van der Waals surface area (Å²) < 4.78 is 15.8. The van der Waals surface area contributed by atoms with Crippen LogP contribution in [0.15, 0.2) is 53.1 Å². The molecule has 10 heteroatoms. The molecule has 4 rings (SSSR count). The number of nitrogen functional groups attached to an aromatic ring is 1. The predicted molar refractivity (Wildman–Crippen MR) is 108 cm³/mol. The Labute approximate surface area is 171 Å². The van der Waals surface area contributed by atoms with E-state index in [2.05, 4.69) is 25.4 Å². The van der Waals surface area contributed by atoms with Gasteiger partial charge in [-0.3, -0.25) is 4.79 Å². The average molecular weight is 406 g/mol. The predicted octanol–water partition coefficient (Wildman–Crippen LogP) is 2.63. The van der Waals surface area contributed by atoms with Gasteiger partial charge in [-0.05, 0) is 24.3 Å². The Kier molecular flexibility index (Phi) is 5.37. The Balaban J connectivity index is 1.42. The number of methoxy groups -OCH3 is 1. The quantitative estimate of drug-likeness (QED) is 0.440. The molecule has 0 bridgehead atoms. The van der Waals surface area contributed by atoms with Crippen molar-refractivity contribution in [1.29, 1.82) is 0 Å². The van der Waals surface area contributed by atoms with Gasteiger partial charge in [-0.15, -0.1) is 0 Å². The summed E-state index contributed by atoms with van der Waals surface area (Å²) in [5.74, 6) is 0.534. The zero-order chi connectivity index (χ0) is 20.9. The van der Waals surface area contributed by atoms with Crippen molar-refractivity contribution in [2.75, 3.05) is 18.2 Å². The summed E-state index contributed by atoms with van der Waals surface area (Å²) >= 11 is 0. The lowest BCUT2D eigenvalue weighted by Gasteiger charge is -2.10. The van der Waals surface area contributed by atoms with Gasteiger partial charge in [-0.25, -0.2) is 0 Å². The number of esters is 1. The highest BCUT2D eigenvalue weighted by Gasteiger charge is 2.14. The van der Waals surface area contributed by atoms with Crippen molar-refractivity contribution in [3.63, 3.8) is 0 Å². The highest BCUT2D eigenvalue weighted by atomic mass is 16.5. The number of hydrogen-bond donors (Lipinski definition) is 2. The summed E-state index contributed by atoms with van der Waals surface area (Å²) in [5, 5.41) is 7.71. The van der Waals surface area contributed by atoms with E-state index in [0.29, 0.717) is 22.7 Å². The van der Waals surface area contributed by atoms with Crippen LogP contribution in [0.25, 0.3) is 11.0 Å². The molecular formula is C20H18N6O4. The van der Waals surface area contributed by atoms with E-state index in [1.165, 1.54) is 0 Å². The van der Waals surface area contributed by atoms with Crippen molar-refractivity contribution in [2.45, 2.75) is 13.0 Å². The first-order valence-electron chi connectivity index (χ1n) is 9.02. The van der Waals surface area contributed by atoms with Gasteiger partial charge in [-0.1, -0.05) is 29.4 Å². The molecule has 4 aromatic rings. The van der Waals surface area contributed by atoms with Crippen LogP contribution in [0.5, 0.6) is 5.75 Å². The van der Waals surface area contributed by atoms with E-state index in [4.69, 9.17) is 19.7 Å². The summed E-state index contributed by atoms with van der Waals surface area (Å²) in [7, 11) is 1.56. The monoisotopic (exact) mass is 406 g/mol. The Morgan fingerprint density at radius 3 is 2.77 bits per heavy atom. The number of carbonyl (C=O) groups excluding carboxylic acids is 1. The van der Waals surface area contributed by atoms with E-state index in [-0.39, 0.29) is 30.7 Å². The number of nitrogens with zero attached hydrogens (tertiary/aromatic N) is 4. The lowest BCUT2D eigenvalue weighted by Crippen LogP contribution is -2.12. The molecule has 0 radical (unpaired) electrons. The summed E-state index contributed by atoms with van der Waals surface area (Å²) in [5.41, 5.74) is 7.54. The number of aromatic nitrogens is 4. The van der Waals surface area contributed by atoms with Crippen LogP contribution in [0.1, 0.15) is 11.5 Å². The SMILES string of the molecule is COc1ccccc1Nc1nc(N)nc(COC(=O)Cc2noc3ccccc23)n1. The van der Waals surface area contributed by atoms with Gasteiger partial charge in [0.1, 0.15) is 11.4 Å². The van der Waals surface area contributed by atoms with Crippen LogP contribution in [0.3, 0.4) is 0 Å². The van der Waals surface area contributed by atoms with Gasteiger partial charge in [0.2, 0.25) is 11.9 Å². The van der Waals surface area contributed by atoms with E-state index >= 15 is 0 Å². The van der Waals surface area contributed by atoms with Crippen molar-refractivity contribution in [3.8, 4) is 5.75 Å². The van der Waals surface area contributed by atoms with Gasteiger partial charge < -0.3 is 25.0 Å². The van der Waals surface area contributed by atoms with E-state index in [0.717, 1.165) is 5.39 Å². The number of para-hydroxylation sites is 3. The summed E-state index contributed by atoms with van der Waals surface area (Å²) in [6, 6.07) is 14.6. The molecule has 30 heavy (non-hydrogen) atoms. The molecule has 0 unspecified atom stereocenters. The Morgan fingerprint density at radius 1 is 1.10 bits per heavy atom. The molecule has 3 N–H and O–H groups in total. The second-order valence-corrected chi connectivity index (χ2v) is 6.22. The average Bonchev–Trinajstić information content (AvgIpc) is 3.15. The van der Waals surface area contributed by atoms with Crippen LogP contribution in [0.2, 0.25) is 0 Å². The van der Waals surface area contributed by atoms with Crippen LogP contribution in [0, 0.1) is 0 Å². The molecule has 0 saturated carbocycles. The molecule has 0 aliphatic rings. The number of nitrogens with two attached hydrogens (primary N) is 1. The van der Waals surface area contributed by atoms with Crippen molar-refractivity contribution >= 4 is 34.5 Å². The number of rotatable bonds is 7. The smallest absolute Gasteiger partial charge is 0.312 e. The second-order valence-electron chi connectivity index (χ2n) is 6.22. The van der Waals surface area contributed by atoms with Crippen LogP contribution >= 0.6 is 0 Å². The number of carbonyl (C=O) groups is 1. The minimum Gasteiger partial charge on any atom is -0.495 e. The summed E-state index contributed by atoms with van der Waals surface area (Å²) in [6.07, 6.45) is -0.0378. The lowest BCUT2D eigenvalue weighted by atomic mass is 10.2. The normalized spacial score (nSPS) is 10.7. The zero-order valence-corrected chi connectivity index (χ0v) is 16.0. The molecular weight excluding hydrogens is 388 g/mol. The van der Waals surface area contributed by atoms with Crippen molar-refractivity contribution in [2.24, 2.45) is 0 Å². The first kappa shape index (κ1) is 19.1. The number of nitrogens with one attached hydrogen (secondary N) is 1. The van der Waals surface area contributed by atoms with Crippen molar-refractivity contribution in [1.82, 2.24) is 20.1 Å². The Morgan fingerprint density at radius 2 is 1.90 bits per heavy atom. The molecule has 0 spiro atoms. The highest BCUT2D eigenvalue weighted by molar-refractivity contribution is 5.84.